The monoisotopic (exact) mass is 437 g/mol. The predicted octanol–water partition coefficient (Wildman–Crippen LogP) is 3.46. The maximum atomic E-state index is 12.7. The van der Waals surface area contributed by atoms with Gasteiger partial charge in [-0.05, 0) is 42.7 Å². The van der Waals surface area contributed by atoms with Crippen LogP contribution in [0.1, 0.15) is 41.6 Å². The quantitative estimate of drug-likeness (QED) is 0.752. The van der Waals surface area contributed by atoms with E-state index in [1.807, 2.05) is 53.4 Å². The molecule has 0 radical (unpaired) electrons. The van der Waals surface area contributed by atoms with E-state index in [2.05, 4.69) is 5.32 Å². The first-order valence-corrected chi connectivity index (χ1v) is 11.8. The van der Waals surface area contributed by atoms with Crippen LogP contribution in [-0.4, -0.2) is 48.0 Å². The summed E-state index contributed by atoms with van der Waals surface area (Å²) in [4.78, 5) is 42.3. The van der Waals surface area contributed by atoms with E-state index in [-0.39, 0.29) is 30.6 Å². The van der Waals surface area contributed by atoms with Gasteiger partial charge in [-0.3, -0.25) is 14.4 Å². The van der Waals surface area contributed by atoms with Crippen LogP contribution in [-0.2, 0) is 16.1 Å². The summed E-state index contributed by atoms with van der Waals surface area (Å²) in [7, 11) is 0. The molecule has 31 heavy (non-hydrogen) atoms. The molecule has 1 saturated heterocycles. The van der Waals surface area contributed by atoms with Gasteiger partial charge in [-0.2, -0.15) is 0 Å². The van der Waals surface area contributed by atoms with Gasteiger partial charge in [0, 0.05) is 55.2 Å². The Morgan fingerprint density at radius 3 is 2.58 bits per heavy atom. The minimum Gasteiger partial charge on any atom is -0.352 e. The number of likely N-dealkylation sites (tertiary alicyclic amines) is 1. The molecule has 0 saturated carbocycles. The van der Waals surface area contributed by atoms with E-state index in [1.165, 1.54) is 0 Å². The number of para-hydroxylation sites is 1. The van der Waals surface area contributed by atoms with Crippen LogP contribution in [0.4, 0.5) is 5.69 Å². The third-order valence-corrected chi connectivity index (χ3v) is 6.70. The van der Waals surface area contributed by atoms with Crippen molar-refractivity contribution < 1.29 is 14.4 Å². The molecule has 0 atom stereocenters. The van der Waals surface area contributed by atoms with Crippen LogP contribution in [0.2, 0.25) is 0 Å². The maximum Gasteiger partial charge on any atom is 0.253 e. The summed E-state index contributed by atoms with van der Waals surface area (Å²) >= 11 is 1.75. The standard InChI is InChI=1S/C24H27N3O3S/c28-22(10-11-23(29)27-14-15-31-21-9-2-1-8-20(21)27)25-17-18-6-5-7-19(16-18)24(30)26-12-3-4-13-26/h1-2,5-9,16H,3-4,10-15,17H2,(H,25,28). The Morgan fingerprint density at radius 1 is 0.935 bits per heavy atom. The molecule has 0 aromatic heterocycles. The summed E-state index contributed by atoms with van der Waals surface area (Å²) in [5.74, 6) is 0.725. The van der Waals surface area contributed by atoms with E-state index >= 15 is 0 Å². The zero-order valence-corrected chi connectivity index (χ0v) is 18.3. The molecule has 4 rings (SSSR count). The van der Waals surface area contributed by atoms with Crippen molar-refractivity contribution in [1.29, 1.82) is 0 Å². The molecule has 3 amide bonds. The van der Waals surface area contributed by atoms with E-state index in [4.69, 9.17) is 0 Å². The zero-order valence-electron chi connectivity index (χ0n) is 17.5. The van der Waals surface area contributed by atoms with Crippen LogP contribution in [0.15, 0.2) is 53.4 Å². The number of nitrogens with one attached hydrogen (secondary N) is 1. The van der Waals surface area contributed by atoms with Crippen molar-refractivity contribution in [2.75, 3.05) is 30.3 Å². The molecule has 1 fully saturated rings. The topological polar surface area (TPSA) is 69.7 Å². The number of rotatable bonds is 6. The van der Waals surface area contributed by atoms with E-state index < -0.39 is 0 Å². The number of carbonyl (C=O) groups excluding carboxylic acids is 3. The number of anilines is 1. The molecule has 6 nitrogen and oxygen atoms in total. The Bertz CT molecular complexity index is 972. The minimum absolute atomic E-state index is 0.0268. The van der Waals surface area contributed by atoms with Crippen molar-refractivity contribution in [2.24, 2.45) is 0 Å². The van der Waals surface area contributed by atoms with Crippen LogP contribution in [0, 0.1) is 0 Å². The highest BCUT2D eigenvalue weighted by molar-refractivity contribution is 7.99. The molecule has 2 aromatic carbocycles. The molecular weight excluding hydrogens is 410 g/mol. The Balaban J connectivity index is 1.27. The Kier molecular flexibility index (Phi) is 6.92. The van der Waals surface area contributed by atoms with E-state index in [1.54, 1.807) is 16.7 Å². The second-order valence-electron chi connectivity index (χ2n) is 7.84. The van der Waals surface area contributed by atoms with Gasteiger partial charge < -0.3 is 15.1 Å². The molecule has 2 aliphatic rings. The fourth-order valence-corrected chi connectivity index (χ4v) is 4.98. The first-order chi connectivity index (χ1) is 15.1. The molecule has 2 aromatic rings. The Morgan fingerprint density at radius 2 is 1.74 bits per heavy atom. The lowest BCUT2D eigenvalue weighted by molar-refractivity contribution is -0.125. The van der Waals surface area contributed by atoms with Crippen LogP contribution in [0.5, 0.6) is 0 Å². The number of amides is 3. The molecular formula is C24H27N3O3S. The van der Waals surface area contributed by atoms with Crippen LogP contribution < -0.4 is 10.2 Å². The first kappa shape index (κ1) is 21.4. The summed E-state index contributed by atoms with van der Waals surface area (Å²) in [5, 5.41) is 2.87. The predicted molar refractivity (Wildman–Crippen MR) is 122 cm³/mol. The fourth-order valence-electron chi connectivity index (χ4n) is 3.99. The SMILES string of the molecule is O=C(CCC(=O)N1CCSc2ccccc21)NCc1cccc(C(=O)N2CCCC2)c1. The molecule has 7 heteroatoms. The van der Waals surface area contributed by atoms with Crippen LogP contribution in [0.25, 0.3) is 0 Å². The van der Waals surface area contributed by atoms with Gasteiger partial charge in [0.05, 0.1) is 5.69 Å². The van der Waals surface area contributed by atoms with E-state index in [0.717, 1.165) is 47.8 Å². The molecule has 162 valence electrons. The van der Waals surface area contributed by atoms with Crippen molar-refractivity contribution in [1.82, 2.24) is 10.2 Å². The third-order valence-electron chi connectivity index (χ3n) is 5.65. The molecule has 2 heterocycles. The van der Waals surface area contributed by atoms with Crippen LogP contribution >= 0.6 is 11.8 Å². The van der Waals surface area contributed by atoms with Gasteiger partial charge in [0.15, 0.2) is 0 Å². The average Bonchev–Trinajstić information content (AvgIpc) is 3.35. The Labute approximate surface area is 187 Å². The number of carbonyl (C=O) groups is 3. The summed E-state index contributed by atoms with van der Waals surface area (Å²) in [6.07, 6.45) is 2.44. The average molecular weight is 438 g/mol. The largest absolute Gasteiger partial charge is 0.352 e. The van der Waals surface area contributed by atoms with Gasteiger partial charge in [-0.1, -0.05) is 24.3 Å². The van der Waals surface area contributed by atoms with Crippen molar-refractivity contribution in [3.8, 4) is 0 Å². The summed E-state index contributed by atoms with van der Waals surface area (Å²) < 4.78 is 0. The van der Waals surface area contributed by atoms with Crippen molar-refractivity contribution in [3.63, 3.8) is 0 Å². The first-order valence-electron chi connectivity index (χ1n) is 10.8. The minimum atomic E-state index is -0.163. The van der Waals surface area contributed by atoms with Crippen molar-refractivity contribution in [2.45, 2.75) is 37.1 Å². The normalized spacial score (nSPS) is 15.5. The molecule has 0 bridgehead atoms. The van der Waals surface area contributed by atoms with Gasteiger partial charge in [0.2, 0.25) is 11.8 Å². The number of hydrogen-bond donors (Lipinski definition) is 1. The van der Waals surface area contributed by atoms with Gasteiger partial charge >= 0.3 is 0 Å². The summed E-state index contributed by atoms with van der Waals surface area (Å²) in [6, 6.07) is 15.3. The van der Waals surface area contributed by atoms with Crippen molar-refractivity contribution in [3.05, 3.63) is 59.7 Å². The smallest absolute Gasteiger partial charge is 0.253 e. The molecule has 2 aliphatic heterocycles. The second kappa shape index (κ2) is 10.0. The van der Waals surface area contributed by atoms with E-state index in [9.17, 15) is 14.4 Å². The second-order valence-corrected chi connectivity index (χ2v) is 8.97. The Hall–Kier alpha value is -2.80. The van der Waals surface area contributed by atoms with E-state index in [0.29, 0.717) is 18.7 Å². The number of hydrogen-bond acceptors (Lipinski definition) is 4. The molecule has 0 unspecified atom stereocenters. The lowest BCUT2D eigenvalue weighted by Gasteiger charge is -2.29. The van der Waals surface area contributed by atoms with Gasteiger partial charge in [0.25, 0.3) is 5.91 Å². The number of nitrogens with zero attached hydrogens (tertiary/aromatic N) is 2. The lowest BCUT2D eigenvalue weighted by Crippen LogP contribution is -2.36. The molecule has 1 N–H and O–H groups in total. The molecule has 0 spiro atoms. The van der Waals surface area contributed by atoms with Gasteiger partial charge in [-0.15, -0.1) is 11.8 Å². The van der Waals surface area contributed by atoms with Crippen LogP contribution in [0.3, 0.4) is 0 Å². The highest BCUT2D eigenvalue weighted by Crippen LogP contribution is 2.34. The lowest BCUT2D eigenvalue weighted by atomic mass is 10.1. The fraction of sp³-hybridized carbons (Fsp3) is 0.375. The highest BCUT2D eigenvalue weighted by Gasteiger charge is 2.23. The maximum absolute atomic E-state index is 12.7. The third kappa shape index (κ3) is 5.28. The number of benzene rings is 2. The zero-order chi connectivity index (χ0) is 21.6. The highest BCUT2D eigenvalue weighted by atomic mass is 32.2. The number of thioether (sulfide) groups is 1. The van der Waals surface area contributed by atoms with Gasteiger partial charge in [-0.25, -0.2) is 0 Å². The summed E-state index contributed by atoms with van der Waals surface area (Å²) in [5.41, 5.74) is 2.47. The van der Waals surface area contributed by atoms with Gasteiger partial charge in [0.1, 0.15) is 0 Å². The molecule has 0 aliphatic carbocycles. The summed E-state index contributed by atoms with van der Waals surface area (Å²) in [6.45, 7) is 2.64. The van der Waals surface area contributed by atoms with Crippen molar-refractivity contribution >= 4 is 35.2 Å². The number of fused-ring (bicyclic) bond motifs is 1.